The largest absolute Gasteiger partial charge is 0.491 e. The number of hydrogen-bond acceptors (Lipinski definition) is 5. The summed E-state index contributed by atoms with van der Waals surface area (Å²) >= 11 is 0. The Hall–Kier alpha value is -3.15. The van der Waals surface area contributed by atoms with Crippen molar-refractivity contribution in [1.29, 1.82) is 0 Å². The molecule has 0 bridgehead atoms. The van der Waals surface area contributed by atoms with Crippen molar-refractivity contribution in [3.05, 3.63) is 70.3 Å². The van der Waals surface area contributed by atoms with Crippen LogP contribution in [0.3, 0.4) is 0 Å². The maximum absolute atomic E-state index is 12.3. The van der Waals surface area contributed by atoms with Crippen LogP contribution < -0.4 is 15.7 Å². The third-order valence-corrected chi connectivity index (χ3v) is 3.50. The van der Waals surface area contributed by atoms with Gasteiger partial charge in [0.1, 0.15) is 16.9 Å². The molecule has 0 atom stereocenters. The number of ether oxygens (including phenoxy) is 1. The van der Waals surface area contributed by atoms with Crippen LogP contribution in [0.4, 0.5) is 0 Å². The van der Waals surface area contributed by atoms with Crippen molar-refractivity contribution in [2.24, 2.45) is 0 Å². The van der Waals surface area contributed by atoms with Gasteiger partial charge in [-0.15, -0.1) is 0 Å². The molecule has 6 nitrogen and oxygen atoms in total. The van der Waals surface area contributed by atoms with E-state index in [0.717, 1.165) is 5.56 Å². The molecule has 0 aliphatic rings. The van der Waals surface area contributed by atoms with E-state index in [9.17, 15) is 9.59 Å². The molecule has 1 N–H and O–H groups in total. The van der Waals surface area contributed by atoms with Crippen LogP contribution in [-0.4, -0.2) is 17.0 Å². The van der Waals surface area contributed by atoms with Crippen LogP contribution in [0.1, 0.15) is 29.8 Å². The van der Waals surface area contributed by atoms with Crippen molar-refractivity contribution in [3.63, 3.8) is 0 Å². The fourth-order valence-electron chi connectivity index (χ4n) is 2.38. The second-order valence-electron chi connectivity index (χ2n) is 5.86. The molecule has 25 heavy (non-hydrogen) atoms. The Balaban J connectivity index is 1.82. The van der Waals surface area contributed by atoms with Gasteiger partial charge in [-0.1, -0.05) is 6.07 Å². The Kier molecular flexibility index (Phi) is 4.79. The molecule has 0 aliphatic carbocycles. The van der Waals surface area contributed by atoms with Crippen LogP contribution in [0, 0.1) is 0 Å². The number of amides is 1. The van der Waals surface area contributed by atoms with E-state index in [4.69, 9.17) is 9.15 Å². The average Bonchev–Trinajstić information content (AvgIpc) is 2.59. The number of pyridine rings is 1. The number of hydrogen-bond donors (Lipinski definition) is 1. The number of nitrogens with one attached hydrogen (secondary N) is 1. The van der Waals surface area contributed by atoms with Gasteiger partial charge in [-0.05, 0) is 43.7 Å². The van der Waals surface area contributed by atoms with Gasteiger partial charge in [-0.3, -0.25) is 9.78 Å². The first-order valence-electron chi connectivity index (χ1n) is 7.94. The summed E-state index contributed by atoms with van der Waals surface area (Å²) in [5, 5.41) is 3.35. The third-order valence-electron chi connectivity index (χ3n) is 3.50. The lowest BCUT2D eigenvalue weighted by Crippen LogP contribution is -2.27. The van der Waals surface area contributed by atoms with Gasteiger partial charge >= 0.3 is 5.63 Å². The first-order valence-corrected chi connectivity index (χ1v) is 7.94. The topological polar surface area (TPSA) is 81.4 Å². The molecule has 0 radical (unpaired) electrons. The molecule has 0 saturated heterocycles. The van der Waals surface area contributed by atoms with Gasteiger partial charge in [0.05, 0.1) is 6.10 Å². The van der Waals surface area contributed by atoms with E-state index >= 15 is 0 Å². The zero-order chi connectivity index (χ0) is 17.8. The highest BCUT2D eigenvalue weighted by atomic mass is 16.5. The minimum atomic E-state index is -0.683. The predicted octanol–water partition coefficient (Wildman–Crippen LogP) is 2.91. The molecule has 0 spiro atoms. The molecule has 1 amide bonds. The van der Waals surface area contributed by atoms with E-state index in [1.807, 2.05) is 19.9 Å². The van der Waals surface area contributed by atoms with Crippen molar-refractivity contribution in [2.75, 3.05) is 0 Å². The van der Waals surface area contributed by atoms with Gasteiger partial charge in [0, 0.05) is 30.4 Å². The van der Waals surface area contributed by atoms with Gasteiger partial charge in [0.15, 0.2) is 0 Å². The highest BCUT2D eigenvalue weighted by Gasteiger charge is 2.14. The van der Waals surface area contributed by atoms with E-state index in [1.54, 1.807) is 36.7 Å². The molecule has 0 saturated carbocycles. The van der Waals surface area contributed by atoms with Crippen LogP contribution in [0.5, 0.6) is 5.75 Å². The summed E-state index contributed by atoms with van der Waals surface area (Å²) in [5.74, 6) is 0.126. The molecule has 0 aliphatic heterocycles. The fourth-order valence-corrected chi connectivity index (χ4v) is 2.38. The molecule has 6 heteroatoms. The van der Waals surface area contributed by atoms with Crippen LogP contribution in [0.15, 0.2) is 58.0 Å². The van der Waals surface area contributed by atoms with Crippen LogP contribution in [0.2, 0.25) is 0 Å². The number of carbonyl (C=O) groups excluding carboxylic acids is 1. The number of carbonyl (C=O) groups is 1. The standard InChI is InChI=1S/C19H18N2O4/c1-12(2)24-15-6-5-14-8-16(19(23)25-17(14)9-15)18(22)21-11-13-4-3-7-20-10-13/h3-10,12H,11H2,1-2H3,(H,21,22). The van der Waals surface area contributed by atoms with Crippen molar-refractivity contribution < 1.29 is 13.9 Å². The van der Waals surface area contributed by atoms with E-state index in [1.165, 1.54) is 6.07 Å². The normalized spacial score (nSPS) is 10.8. The number of nitrogens with zero attached hydrogens (tertiary/aromatic N) is 1. The Bertz CT molecular complexity index is 949. The molecule has 2 heterocycles. The van der Waals surface area contributed by atoms with Gasteiger partial charge in [-0.2, -0.15) is 0 Å². The summed E-state index contributed by atoms with van der Waals surface area (Å²) < 4.78 is 10.9. The lowest BCUT2D eigenvalue weighted by molar-refractivity contribution is 0.0947. The highest BCUT2D eigenvalue weighted by Crippen LogP contribution is 2.21. The van der Waals surface area contributed by atoms with Crippen molar-refractivity contribution >= 4 is 16.9 Å². The van der Waals surface area contributed by atoms with E-state index in [2.05, 4.69) is 10.3 Å². The third kappa shape index (κ3) is 4.03. The predicted molar refractivity (Wildman–Crippen MR) is 93.7 cm³/mol. The van der Waals surface area contributed by atoms with Gasteiger partial charge in [0.2, 0.25) is 0 Å². The smallest absolute Gasteiger partial charge is 0.349 e. The van der Waals surface area contributed by atoms with Crippen LogP contribution in [0.25, 0.3) is 11.0 Å². The van der Waals surface area contributed by atoms with Crippen molar-refractivity contribution in [1.82, 2.24) is 10.3 Å². The number of aromatic nitrogens is 1. The Labute approximate surface area is 144 Å². The van der Waals surface area contributed by atoms with Crippen LogP contribution in [-0.2, 0) is 6.54 Å². The molecular formula is C19H18N2O4. The molecule has 1 aromatic carbocycles. The van der Waals surface area contributed by atoms with Gasteiger partial charge < -0.3 is 14.5 Å². The summed E-state index contributed by atoms with van der Waals surface area (Å²) in [7, 11) is 0. The number of rotatable bonds is 5. The molecule has 3 rings (SSSR count). The van der Waals surface area contributed by atoms with Crippen molar-refractivity contribution in [2.45, 2.75) is 26.5 Å². The summed E-state index contributed by atoms with van der Waals surface area (Å²) in [4.78, 5) is 28.4. The van der Waals surface area contributed by atoms with Gasteiger partial charge in [-0.25, -0.2) is 4.79 Å². The fraction of sp³-hybridized carbons (Fsp3) is 0.211. The second-order valence-corrected chi connectivity index (χ2v) is 5.86. The minimum Gasteiger partial charge on any atom is -0.491 e. The molecule has 0 unspecified atom stereocenters. The van der Waals surface area contributed by atoms with Gasteiger partial charge in [0.25, 0.3) is 5.91 Å². The van der Waals surface area contributed by atoms with Crippen LogP contribution >= 0.6 is 0 Å². The monoisotopic (exact) mass is 338 g/mol. The Morgan fingerprint density at radius 2 is 2.12 bits per heavy atom. The van der Waals surface area contributed by atoms with E-state index in [0.29, 0.717) is 16.7 Å². The van der Waals surface area contributed by atoms with E-state index < -0.39 is 11.5 Å². The summed E-state index contributed by atoms with van der Waals surface area (Å²) in [6.45, 7) is 4.11. The second kappa shape index (κ2) is 7.17. The van der Waals surface area contributed by atoms with Crippen molar-refractivity contribution in [3.8, 4) is 5.75 Å². The Morgan fingerprint density at radius 3 is 2.84 bits per heavy atom. The minimum absolute atomic E-state index is 0.0155. The molecule has 2 aromatic heterocycles. The first-order chi connectivity index (χ1) is 12.0. The highest BCUT2D eigenvalue weighted by molar-refractivity contribution is 5.96. The SMILES string of the molecule is CC(C)Oc1ccc2cc(C(=O)NCc3cccnc3)c(=O)oc2c1. The quantitative estimate of drug-likeness (QED) is 0.724. The molecule has 0 fully saturated rings. The molecule has 3 aromatic rings. The summed E-state index contributed by atoms with van der Waals surface area (Å²) in [6.07, 6.45) is 3.32. The Morgan fingerprint density at radius 1 is 1.28 bits per heavy atom. The molecular weight excluding hydrogens is 320 g/mol. The maximum Gasteiger partial charge on any atom is 0.349 e. The lowest BCUT2D eigenvalue weighted by Gasteiger charge is -2.10. The summed E-state index contributed by atoms with van der Waals surface area (Å²) in [6, 6.07) is 10.3. The zero-order valence-electron chi connectivity index (χ0n) is 14.0. The molecule has 128 valence electrons. The lowest BCUT2D eigenvalue weighted by atomic mass is 10.1. The first kappa shape index (κ1) is 16.7. The number of benzene rings is 1. The zero-order valence-corrected chi connectivity index (χ0v) is 14.0. The number of fused-ring (bicyclic) bond motifs is 1. The summed E-state index contributed by atoms with van der Waals surface area (Å²) in [5.41, 5.74) is 0.510. The van der Waals surface area contributed by atoms with E-state index in [-0.39, 0.29) is 18.2 Å². The maximum atomic E-state index is 12.3. The average molecular weight is 338 g/mol.